The highest BCUT2D eigenvalue weighted by molar-refractivity contribution is 5.89. The summed E-state index contributed by atoms with van der Waals surface area (Å²) in [4.78, 5) is 14.3. The van der Waals surface area contributed by atoms with Gasteiger partial charge in [0.1, 0.15) is 17.8 Å². The molecule has 8 heteroatoms. The van der Waals surface area contributed by atoms with E-state index in [4.69, 9.17) is 4.74 Å². The Morgan fingerprint density at radius 3 is 2.83 bits per heavy atom. The van der Waals surface area contributed by atoms with E-state index >= 15 is 0 Å². The summed E-state index contributed by atoms with van der Waals surface area (Å²) < 4.78 is 5.26. The van der Waals surface area contributed by atoms with Crippen molar-refractivity contribution in [3.05, 3.63) is 42.2 Å². The molecule has 3 aliphatic heterocycles. The zero-order valence-corrected chi connectivity index (χ0v) is 18.0. The Balaban J connectivity index is 1.31. The van der Waals surface area contributed by atoms with Crippen LogP contribution >= 0.6 is 0 Å². The number of methoxy groups -OCH3 is 1. The highest BCUT2D eigenvalue weighted by Gasteiger charge is 2.44. The molecule has 3 heterocycles. The number of hydrazone groups is 1. The number of hydrogen-bond donors (Lipinski definition) is 3. The first-order valence-corrected chi connectivity index (χ1v) is 10.8. The summed E-state index contributed by atoms with van der Waals surface area (Å²) in [5.41, 5.74) is 8.10. The number of benzene rings is 1. The van der Waals surface area contributed by atoms with Crippen LogP contribution < -0.4 is 20.9 Å². The van der Waals surface area contributed by atoms with E-state index in [1.165, 1.54) is 5.56 Å². The monoisotopic (exact) mass is 412 g/mol. The van der Waals surface area contributed by atoms with Gasteiger partial charge in [-0.05, 0) is 36.5 Å². The molecule has 3 unspecified atom stereocenters. The summed E-state index contributed by atoms with van der Waals surface area (Å²) in [7, 11) is 1.68. The minimum absolute atomic E-state index is 0.0738. The zero-order chi connectivity index (χ0) is 21.1. The second-order valence-corrected chi connectivity index (χ2v) is 8.51. The summed E-state index contributed by atoms with van der Waals surface area (Å²) in [5.74, 6) is 2.47. The van der Waals surface area contributed by atoms with Gasteiger partial charge < -0.3 is 20.0 Å². The highest BCUT2D eigenvalue weighted by Crippen LogP contribution is 2.34. The van der Waals surface area contributed by atoms with Crippen LogP contribution in [0.3, 0.4) is 0 Å². The number of nitrogens with zero attached hydrogens (tertiary/aromatic N) is 3. The molecule has 0 aromatic heterocycles. The molecule has 0 saturated carbocycles. The maximum Gasteiger partial charge on any atom is 0.220 e. The summed E-state index contributed by atoms with van der Waals surface area (Å²) >= 11 is 0. The quantitative estimate of drug-likeness (QED) is 0.608. The summed E-state index contributed by atoms with van der Waals surface area (Å²) in [6.45, 7) is 5.06. The first kappa shape index (κ1) is 20.5. The van der Waals surface area contributed by atoms with Crippen LogP contribution in [0.5, 0.6) is 5.75 Å². The topological polar surface area (TPSA) is 81.2 Å². The van der Waals surface area contributed by atoms with Gasteiger partial charge >= 0.3 is 0 Å². The van der Waals surface area contributed by atoms with Crippen molar-refractivity contribution in [2.24, 2.45) is 11.0 Å². The predicted octanol–water partition coefficient (Wildman–Crippen LogP) is 2.29. The average Bonchev–Trinajstić information content (AvgIpc) is 3.36. The Morgan fingerprint density at radius 1 is 1.30 bits per heavy atom. The van der Waals surface area contributed by atoms with Gasteiger partial charge in [-0.25, -0.2) is 5.43 Å². The molecule has 0 aliphatic carbocycles. The van der Waals surface area contributed by atoms with Crippen molar-refractivity contribution in [1.29, 1.82) is 0 Å². The lowest BCUT2D eigenvalue weighted by Crippen LogP contribution is -2.54. The second-order valence-electron chi connectivity index (χ2n) is 8.51. The summed E-state index contributed by atoms with van der Waals surface area (Å²) in [5, 5.41) is 9.70. The Morgan fingerprint density at radius 2 is 2.10 bits per heavy atom. The molecule has 4 rings (SSSR count). The first-order valence-electron chi connectivity index (χ1n) is 10.8. The highest BCUT2D eigenvalue weighted by atomic mass is 16.5. The number of amides is 1. The van der Waals surface area contributed by atoms with Gasteiger partial charge in [-0.1, -0.05) is 26.0 Å². The fourth-order valence-electron chi connectivity index (χ4n) is 4.18. The summed E-state index contributed by atoms with van der Waals surface area (Å²) in [6.07, 6.45) is 7.23. The van der Waals surface area contributed by atoms with Gasteiger partial charge in [0.25, 0.3) is 0 Å². The maximum atomic E-state index is 12.1. The van der Waals surface area contributed by atoms with Crippen molar-refractivity contribution < 1.29 is 9.53 Å². The van der Waals surface area contributed by atoms with E-state index in [0.29, 0.717) is 18.8 Å². The second kappa shape index (κ2) is 8.95. The van der Waals surface area contributed by atoms with E-state index in [0.717, 1.165) is 31.0 Å². The van der Waals surface area contributed by atoms with Crippen molar-refractivity contribution in [3.63, 3.8) is 0 Å². The Hall–Kier alpha value is -2.74. The van der Waals surface area contributed by atoms with Gasteiger partial charge in [0, 0.05) is 31.8 Å². The normalized spacial score (nSPS) is 24.4. The van der Waals surface area contributed by atoms with Gasteiger partial charge in [0.2, 0.25) is 5.91 Å². The van der Waals surface area contributed by atoms with Crippen molar-refractivity contribution in [2.45, 2.75) is 57.8 Å². The van der Waals surface area contributed by atoms with Crippen LogP contribution in [-0.4, -0.2) is 47.5 Å². The van der Waals surface area contributed by atoms with Gasteiger partial charge in [-0.2, -0.15) is 5.10 Å². The number of hydrazine groups is 1. The Kier molecular flexibility index (Phi) is 6.13. The van der Waals surface area contributed by atoms with Crippen LogP contribution in [0.2, 0.25) is 0 Å². The van der Waals surface area contributed by atoms with Crippen LogP contribution in [0.25, 0.3) is 0 Å². The molecule has 3 aliphatic rings. The molecule has 3 atom stereocenters. The van der Waals surface area contributed by atoms with E-state index in [1.807, 2.05) is 18.3 Å². The predicted molar refractivity (Wildman–Crippen MR) is 116 cm³/mol. The molecular weight excluding hydrogens is 380 g/mol. The number of nitrogens with one attached hydrogen (secondary N) is 3. The standard InChI is InChI=1S/C22H32N6O2/c1-15(2)10-11-23-21(29)9-8-20-24-25-22-19-14-18(26-28(19)13-12-27(20)22)16-4-6-17(30-3)7-5-16/h4-7,12-13,15,18-19,22,25-26H,8-11,14H2,1-3H3,(H,23,29). The number of fused-ring (bicyclic) bond motifs is 3. The molecule has 1 aromatic carbocycles. The third kappa shape index (κ3) is 4.38. The Bertz CT molecular complexity index is 806. The third-order valence-electron chi connectivity index (χ3n) is 5.95. The number of carbonyl (C=O) groups excluding carboxylic acids is 1. The third-order valence-corrected chi connectivity index (χ3v) is 5.95. The van der Waals surface area contributed by atoms with Crippen molar-refractivity contribution in [1.82, 2.24) is 26.1 Å². The zero-order valence-electron chi connectivity index (χ0n) is 18.0. The van der Waals surface area contributed by atoms with Gasteiger partial charge in [-0.15, -0.1) is 0 Å². The molecule has 0 radical (unpaired) electrons. The first-order chi connectivity index (χ1) is 14.5. The van der Waals surface area contributed by atoms with E-state index in [2.05, 4.69) is 63.4 Å². The fourth-order valence-corrected chi connectivity index (χ4v) is 4.18. The van der Waals surface area contributed by atoms with Gasteiger partial charge in [0.05, 0.1) is 19.2 Å². The minimum atomic E-state index is 0.0738. The lowest BCUT2D eigenvalue weighted by atomic mass is 9.99. The lowest BCUT2D eigenvalue weighted by Gasteiger charge is -2.37. The van der Waals surface area contributed by atoms with Crippen LogP contribution in [0, 0.1) is 5.92 Å². The molecular formula is C22H32N6O2. The summed E-state index contributed by atoms with van der Waals surface area (Å²) in [6, 6.07) is 8.71. The van der Waals surface area contributed by atoms with E-state index < -0.39 is 0 Å². The molecule has 1 aromatic rings. The van der Waals surface area contributed by atoms with Crippen molar-refractivity contribution >= 4 is 11.7 Å². The van der Waals surface area contributed by atoms with Crippen LogP contribution in [0.15, 0.2) is 41.8 Å². The van der Waals surface area contributed by atoms with Crippen LogP contribution in [0.1, 0.15) is 51.1 Å². The average molecular weight is 413 g/mol. The van der Waals surface area contributed by atoms with E-state index in [9.17, 15) is 4.79 Å². The number of amidine groups is 1. The molecule has 3 N–H and O–H groups in total. The smallest absolute Gasteiger partial charge is 0.220 e. The van der Waals surface area contributed by atoms with Crippen LogP contribution in [0.4, 0.5) is 0 Å². The number of ether oxygens (including phenoxy) is 1. The lowest BCUT2D eigenvalue weighted by molar-refractivity contribution is -0.121. The molecule has 0 bridgehead atoms. The van der Waals surface area contributed by atoms with E-state index in [1.54, 1.807) is 7.11 Å². The molecule has 162 valence electrons. The van der Waals surface area contributed by atoms with Crippen molar-refractivity contribution in [2.75, 3.05) is 13.7 Å². The minimum Gasteiger partial charge on any atom is -0.497 e. The number of carbonyl (C=O) groups is 1. The van der Waals surface area contributed by atoms with Gasteiger partial charge in [-0.3, -0.25) is 10.2 Å². The largest absolute Gasteiger partial charge is 0.497 e. The van der Waals surface area contributed by atoms with Gasteiger partial charge in [0.15, 0.2) is 0 Å². The SMILES string of the molecule is COc1ccc(C2CC3C4NN=C(CCC(=O)NCCC(C)C)N4C=CN3N2)cc1. The molecule has 0 spiro atoms. The van der Waals surface area contributed by atoms with Crippen LogP contribution in [-0.2, 0) is 4.79 Å². The molecule has 30 heavy (non-hydrogen) atoms. The number of hydrogen-bond acceptors (Lipinski definition) is 7. The Labute approximate surface area is 178 Å². The maximum absolute atomic E-state index is 12.1. The molecule has 8 nitrogen and oxygen atoms in total. The molecule has 1 fully saturated rings. The molecule has 1 amide bonds. The number of rotatable bonds is 8. The van der Waals surface area contributed by atoms with E-state index in [-0.39, 0.29) is 24.2 Å². The molecule has 1 saturated heterocycles. The van der Waals surface area contributed by atoms with Crippen molar-refractivity contribution in [3.8, 4) is 5.75 Å². The fraction of sp³-hybridized carbons (Fsp3) is 0.545.